The summed E-state index contributed by atoms with van der Waals surface area (Å²) in [7, 11) is 0. The summed E-state index contributed by atoms with van der Waals surface area (Å²) in [6.07, 6.45) is 0. The second-order valence-electron chi connectivity index (χ2n) is 20.7. The van der Waals surface area contributed by atoms with Gasteiger partial charge in [-0.2, -0.15) is 0 Å². The van der Waals surface area contributed by atoms with Gasteiger partial charge in [-0.15, -0.1) is 0 Å². The first-order chi connectivity index (χ1) is 41.6. The summed E-state index contributed by atoms with van der Waals surface area (Å²) in [5, 5.41) is 0. The Morgan fingerprint density at radius 3 is 0.393 bits per heavy atom. The maximum Gasteiger partial charge on any atom is 0.164 e. The lowest BCUT2D eigenvalue weighted by Gasteiger charge is -2.12. The lowest BCUT2D eigenvalue weighted by Crippen LogP contribution is -2.00. The van der Waals surface area contributed by atoms with Crippen LogP contribution in [0, 0.1) is 0 Å². The van der Waals surface area contributed by atoms with Crippen LogP contribution >= 0.6 is 0 Å². The third kappa shape index (κ3) is 11.0. The van der Waals surface area contributed by atoms with Gasteiger partial charge in [-0.05, 0) is 126 Å². The van der Waals surface area contributed by atoms with E-state index in [2.05, 4.69) is 291 Å². The normalized spacial score (nSPS) is 11.1. The highest BCUT2D eigenvalue weighted by Gasteiger charge is 2.18. The topological polar surface area (TPSA) is 77.3 Å². The lowest BCUT2D eigenvalue weighted by molar-refractivity contribution is 1.07. The maximum absolute atomic E-state index is 5.21. The highest BCUT2D eigenvalue weighted by Crippen LogP contribution is 2.36. The quantitative estimate of drug-likeness (QED) is 0.114. The van der Waals surface area contributed by atoms with E-state index >= 15 is 0 Å². The molecule has 6 nitrogen and oxygen atoms in total. The SMILES string of the molecule is c1ccc(-c2cccc(-c3nc(-c4cccc(-c5ccccc5)c4)nc(-c4cccc(-c5cccc(-c6cccc(-c7cccc(-c8nc(-c9cccc(-c%10ccccc%10)c9)nc(-c9cccc(-c%10ccccc%10)c9)n8)c7)c6)c5)c4)n3)c2)cc1. The number of hydrogen-bond acceptors (Lipinski definition) is 6. The minimum Gasteiger partial charge on any atom is -0.208 e. The average molecular weight is 1070 g/mol. The summed E-state index contributed by atoms with van der Waals surface area (Å²) in [5.41, 5.74) is 20.8. The zero-order valence-electron chi connectivity index (χ0n) is 45.7. The number of aromatic nitrogens is 6. The second-order valence-corrected chi connectivity index (χ2v) is 20.7. The molecule has 0 fully saturated rings. The highest BCUT2D eigenvalue weighted by molar-refractivity contribution is 5.82. The van der Waals surface area contributed by atoms with Crippen molar-refractivity contribution in [1.82, 2.24) is 29.9 Å². The van der Waals surface area contributed by atoms with Gasteiger partial charge in [-0.3, -0.25) is 0 Å². The van der Waals surface area contributed by atoms with E-state index in [1.165, 1.54) is 0 Å². The first-order valence-corrected chi connectivity index (χ1v) is 28.1. The number of hydrogen-bond donors (Lipinski definition) is 0. The molecular formula is C78H52N6. The molecular weight excluding hydrogens is 1020 g/mol. The Kier molecular flexibility index (Phi) is 13.9. The zero-order valence-corrected chi connectivity index (χ0v) is 45.7. The van der Waals surface area contributed by atoms with Crippen molar-refractivity contribution < 1.29 is 0 Å². The van der Waals surface area contributed by atoms with E-state index in [-0.39, 0.29) is 0 Å². The number of nitrogens with zero attached hydrogens (tertiary/aromatic N) is 6. The van der Waals surface area contributed by atoms with Crippen molar-refractivity contribution in [2.75, 3.05) is 0 Å². The van der Waals surface area contributed by atoms with E-state index in [1.807, 2.05) is 24.3 Å². The van der Waals surface area contributed by atoms with E-state index in [1.54, 1.807) is 0 Å². The van der Waals surface area contributed by atoms with E-state index in [4.69, 9.17) is 29.9 Å². The van der Waals surface area contributed by atoms with Crippen molar-refractivity contribution in [3.05, 3.63) is 315 Å². The standard InChI is InChI=1S/C78H52N6/c1-5-21-53(22-6-1)57-29-15-39-67(47-57)73-79-74(68-40-16-30-58(48-68)54-23-7-2-8-24-54)82-77(81-73)71-43-19-37-65(51-71)63-35-13-33-61(45-63)62-34-14-36-64(46-62)66-38-20-44-72(52-66)78-83-75(69-41-17-31-59(49-69)55-25-9-3-10-26-55)80-76(84-78)70-42-18-32-60(50-70)56-27-11-4-12-28-56/h1-52H. The van der Waals surface area contributed by atoms with Crippen molar-refractivity contribution >= 4 is 0 Å². The third-order valence-corrected chi connectivity index (χ3v) is 15.1. The summed E-state index contributed by atoms with van der Waals surface area (Å²) in [6.45, 7) is 0. The summed E-state index contributed by atoms with van der Waals surface area (Å²) in [6, 6.07) is 110. The van der Waals surface area contributed by atoms with E-state index < -0.39 is 0 Å². The lowest BCUT2D eigenvalue weighted by atomic mass is 9.95. The summed E-state index contributed by atoms with van der Waals surface area (Å²) in [4.78, 5) is 31.2. The van der Waals surface area contributed by atoms with E-state index in [0.29, 0.717) is 34.9 Å². The van der Waals surface area contributed by atoms with Crippen molar-refractivity contribution in [3.63, 3.8) is 0 Å². The maximum atomic E-state index is 5.21. The fraction of sp³-hybridized carbons (Fsp3) is 0. The van der Waals surface area contributed by atoms with E-state index in [0.717, 1.165) is 111 Å². The minimum absolute atomic E-state index is 0.595. The van der Waals surface area contributed by atoms with Gasteiger partial charge in [-0.25, -0.2) is 29.9 Å². The zero-order chi connectivity index (χ0) is 56.0. The molecule has 2 aromatic heterocycles. The van der Waals surface area contributed by atoms with Gasteiger partial charge in [0.1, 0.15) is 0 Å². The molecule has 0 N–H and O–H groups in total. The van der Waals surface area contributed by atoms with Crippen LogP contribution in [0.15, 0.2) is 315 Å². The summed E-state index contributed by atoms with van der Waals surface area (Å²) >= 11 is 0. The first-order valence-electron chi connectivity index (χ1n) is 28.1. The highest BCUT2D eigenvalue weighted by atomic mass is 15.0. The molecule has 0 aliphatic rings. The van der Waals surface area contributed by atoms with Crippen LogP contribution in [0.25, 0.3) is 146 Å². The Bertz CT molecular complexity index is 4160. The molecule has 0 aliphatic carbocycles. The third-order valence-electron chi connectivity index (χ3n) is 15.1. The van der Waals surface area contributed by atoms with Gasteiger partial charge in [0.05, 0.1) is 0 Å². The molecule has 0 amide bonds. The van der Waals surface area contributed by atoms with Gasteiger partial charge in [0.25, 0.3) is 0 Å². The number of rotatable bonds is 13. The molecule has 2 heterocycles. The first kappa shape index (κ1) is 50.9. The summed E-state index contributed by atoms with van der Waals surface area (Å²) in [5.74, 6) is 3.61. The molecule has 0 atom stereocenters. The monoisotopic (exact) mass is 1070 g/mol. The Balaban J connectivity index is 0.797. The van der Waals surface area contributed by atoms with Gasteiger partial charge in [0.2, 0.25) is 0 Å². The van der Waals surface area contributed by atoms with Crippen LogP contribution in [0.1, 0.15) is 0 Å². The fourth-order valence-electron chi connectivity index (χ4n) is 10.8. The average Bonchev–Trinajstić information content (AvgIpc) is 3.52. The van der Waals surface area contributed by atoms with Crippen molar-refractivity contribution in [1.29, 1.82) is 0 Å². The molecule has 12 aromatic carbocycles. The van der Waals surface area contributed by atoms with Gasteiger partial charge in [0, 0.05) is 33.4 Å². The van der Waals surface area contributed by atoms with Gasteiger partial charge < -0.3 is 0 Å². The van der Waals surface area contributed by atoms with Crippen LogP contribution in [0.3, 0.4) is 0 Å². The molecule has 84 heavy (non-hydrogen) atoms. The van der Waals surface area contributed by atoms with Gasteiger partial charge >= 0.3 is 0 Å². The molecule has 14 aromatic rings. The number of benzene rings is 12. The van der Waals surface area contributed by atoms with Crippen LogP contribution < -0.4 is 0 Å². The molecule has 0 aliphatic heterocycles. The minimum atomic E-state index is 0.595. The molecule has 0 saturated heterocycles. The van der Waals surface area contributed by atoms with Crippen molar-refractivity contribution in [2.45, 2.75) is 0 Å². The van der Waals surface area contributed by atoms with Crippen LogP contribution in [0.5, 0.6) is 0 Å². The molecule has 14 rings (SSSR count). The molecule has 0 bridgehead atoms. The van der Waals surface area contributed by atoms with Crippen molar-refractivity contribution in [2.24, 2.45) is 0 Å². The largest absolute Gasteiger partial charge is 0.208 e. The molecule has 6 heteroatoms. The van der Waals surface area contributed by atoms with Crippen LogP contribution in [0.4, 0.5) is 0 Å². The Morgan fingerprint density at radius 1 is 0.107 bits per heavy atom. The molecule has 0 spiro atoms. The van der Waals surface area contributed by atoms with E-state index in [9.17, 15) is 0 Å². The predicted molar refractivity (Wildman–Crippen MR) is 344 cm³/mol. The molecule has 0 unspecified atom stereocenters. The van der Waals surface area contributed by atoms with Crippen LogP contribution in [0.2, 0.25) is 0 Å². The van der Waals surface area contributed by atoms with Crippen LogP contribution in [-0.2, 0) is 0 Å². The van der Waals surface area contributed by atoms with Crippen LogP contribution in [-0.4, -0.2) is 29.9 Å². The predicted octanol–water partition coefficient (Wildman–Crippen LogP) is 19.7. The molecule has 394 valence electrons. The van der Waals surface area contributed by atoms with Gasteiger partial charge in [0.15, 0.2) is 34.9 Å². The Hall–Kier alpha value is -11.3. The fourth-order valence-corrected chi connectivity index (χ4v) is 10.8. The molecule has 0 saturated carbocycles. The second kappa shape index (κ2) is 23.0. The smallest absolute Gasteiger partial charge is 0.164 e. The van der Waals surface area contributed by atoms with Gasteiger partial charge in [-0.1, -0.05) is 267 Å². The Labute approximate surface area is 488 Å². The Morgan fingerprint density at radius 2 is 0.226 bits per heavy atom. The molecule has 0 radical (unpaired) electrons. The summed E-state index contributed by atoms with van der Waals surface area (Å²) < 4.78 is 0. The van der Waals surface area contributed by atoms with Crippen molar-refractivity contribution in [3.8, 4) is 146 Å².